The number of carbonyl (C=O) groups is 1. The first kappa shape index (κ1) is 7.27. The Morgan fingerprint density at radius 3 is 2.92 bits per heavy atom. The number of hydrazone groups is 1. The van der Waals surface area contributed by atoms with E-state index >= 15 is 0 Å². The quantitative estimate of drug-likeness (QED) is 0.530. The van der Waals surface area contributed by atoms with E-state index in [9.17, 15) is 4.79 Å². The molecule has 0 unspecified atom stereocenters. The number of aliphatic imine (C=N–C) groups is 1. The molecule has 0 aromatic carbocycles. The third-order valence-corrected chi connectivity index (χ3v) is 1.77. The van der Waals surface area contributed by atoms with Crippen molar-refractivity contribution in [1.82, 2.24) is 10.3 Å². The highest BCUT2D eigenvalue weighted by Gasteiger charge is 2.26. The van der Waals surface area contributed by atoms with Gasteiger partial charge in [0.25, 0.3) is 5.91 Å². The minimum atomic E-state index is 0.000602. The van der Waals surface area contributed by atoms with Crippen LogP contribution in [0, 0.1) is 0 Å². The molecule has 0 radical (unpaired) electrons. The topological polar surface area (TPSA) is 57.1 Å². The molecule has 12 heavy (non-hydrogen) atoms. The second kappa shape index (κ2) is 2.58. The number of hydrogen-bond acceptors (Lipinski definition) is 4. The van der Waals surface area contributed by atoms with Gasteiger partial charge in [-0.3, -0.25) is 4.79 Å². The Hall–Kier alpha value is -1.39. The van der Waals surface area contributed by atoms with Gasteiger partial charge in [0, 0.05) is 12.3 Å². The van der Waals surface area contributed by atoms with E-state index in [0.717, 1.165) is 18.8 Å². The maximum Gasteiger partial charge on any atom is 0.255 e. The highest BCUT2D eigenvalue weighted by atomic mass is 16.2. The summed E-state index contributed by atoms with van der Waals surface area (Å²) in [7, 11) is 0. The highest BCUT2D eigenvalue weighted by Crippen LogP contribution is 2.08. The number of guanidine groups is 1. The third-order valence-electron chi connectivity index (χ3n) is 1.77. The van der Waals surface area contributed by atoms with Crippen LogP contribution in [0.5, 0.6) is 0 Å². The zero-order valence-corrected chi connectivity index (χ0v) is 6.87. The van der Waals surface area contributed by atoms with Gasteiger partial charge in [-0.15, -0.1) is 0 Å². The Morgan fingerprint density at radius 1 is 1.58 bits per heavy atom. The van der Waals surface area contributed by atoms with Crippen molar-refractivity contribution in [3.63, 3.8) is 0 Å². The zero-order valence-electron chi connectivity index (χ0n) is 6.87. The van der Waals surface area contributed by atoms with Crippen LogP contribution in [0.2, 0.25) is 0 Å². The molecule has 0 aromatic heterocycles. The Bertz CT molecular complexity index is 281. The molecule has 0 atom stereocenters. The molecular weight excluding hydrogens is 156 g/mol. The van der Waals surface area contributed by atoms with Gasteiger partial charge in [0.2, 0.25) is 5.96 Å². The first-order valence-corrected chi connectivity index (χ1v) is 3.93. The normalized spacial score (nSPS) is 22.4. The lowest BCUT2D eigenvalue weighted by molar-refractivity contribution is -0.125. The number of carbonyl (C=O) groups excluding carboxylic acids is 1. The Kier molecular flexibility index (Phi) is 1.56. The first-order chi connectivity index (χ1) is 5.77. The molecule has 0 spiro atoms. The minimum Gasteiger partial charge on any atom is -0.353 e. The summed E-state index contributed by atoms with van der Waals surface area (Å²) in [5, 5.41) is 8.41. The Morgan fingerprint density at radius 2 is 2.42 bits per heavy atom. The smallest absolute Gasteiger partial charge is 0.255 e. The van der Waals surface area contributed by atoms with Crippen molar-refractivity contribution >= 4 is 17.6 Å². The summed E-state index contributed by atoms with van der Waals surface area (Å²) in [5.74, 6) is 0.595. The molecule has 0 fully saturated rings. The summed E-state index contributed by atoms with van der Waals surface area (Å²) in [6.07, 6.45) is 0.417. The van der Waals surface area contributed by atoms with Gasteiger partial charge in [0.05, 0.1) is 13.0 Å². The summed E-state index contributed by atoms with van der Waals surface area (Å²) in [6.45, 7) is 3.37. The monoisotopic (exact) mass is 166 g/mol. The van der Waals surface area contributed by atoms with Crippen LogP contribution < -0.4 is 5.32 Å². The van der Waals surface area contributed by atoms with Crippen LogP contribution in [0.4, 0.5) is 0 Å². The van der Waals surface area contributed by atoms with E-state index in [0.29, 0.717) is 12.4 Å². The summed E-state index contributed by atoms with van der Waals surface area (Å²) in [4.78, 5) is 15.4. The lowest BCUT2D eigenvalue weighted by Crippen LogP contribution is -2.36. The first-order valence-electron chi connectivity index (χ1n) is 3.93. The molecule has 2 heterocycles. The maximum atomic E-state index is 11.3. The molecule has 2 aliphatic rings. The van der Waals surface area contributed by atoms with Crippen LogP contribution in [0.3, 0.4) is 0 Å². The van der Waals surface area contributed by atoms with E-state index < -0.39 is 0 Å². The third kappa shape index (κ3) is 1.07. The maximum absolute atomic E-state index is 11.3. The molecule has 0 bridgehead atoms. The summed E-state index contributed by atoms with van der Waals surface area (Å²) in [6, 6.07) is 0. The number of hydrogen-bond donors (Lipinski definition) is 1. The highest BCUT2D eigenvalue weighted by molar-refractivity contribution is 6.11. The van der Waals surface area contributed by atoms with Crippen molar-refractivity contribution in [2.45, 2.75) is 13.3 Å². The molecule has 1 amide bonds. The van der Waals surface area contributed by atoms with Gasteiger partial charge in [-0.25, -0.2) is 4.99 Å². The van der Waals surface area contributed by atoms with E-state index in [2.05, 4.69) is 15.4 Å². The molecule has 64 valence electrons. The van der Waals surface area contributed by atoms with E-state index in [-0.39, 0.29) is 5.91 Å². The van der Waals surface area contributed by atoms with Crippen molar-refractivity contribution < 1.29 is 4.79 Å². The minimum absolute atomic E-state index is 0.000602. The molecule has 0 saturated heterocycles. The fourth-order valence-corrected chi connectivity index (χ4v) is 1.25. The lowest BCUT2D eigenvalue weighted by atomic mass is 10.3. The SMILES string of the molecule is CC1=NN(C2=NCCN2)C(=O)C1. The number of amides is 1. The predicted octanol–water partition coefficient (Wildman–Crippen LogP) is -0.446. The van der Waals surface area contributed by atoms with Crippen molar-refractivity contribution in [3.05, 3.63) is 0 Å². The Labute approximate surface area is 70.1 Å². The largest absolute Gasteiger partial charge is 0.353 e. The molecular formula is C7H10N4O. The van der Waals surface area contributed by atoms with Gasteiger partial charge >= 0.3 is 0 Å². The van der Waals surface area contributed by atoms with Crippen LogP contribution in [0.25, 0.3) is 0 Å². The zero-order chi connectivity index (χ0) is 8.55. The predicted molar refractivity (Wildman–Crippen MR) is 44.9 cm³/mol. The summed E-state index contributed by atoms with van der Waals surface area (Å²) >= 11 is 0. The molecule has 5 heteroatoms. The molecule has 2 aliphatic heterocycles. The molecule has 0 aliphatic carbocycles. The fraction of sp³-hybridized carbons (Fsp3) is 0.571. The van der Waals surface area contributed by atoms with Gasteiger partial charge < -0.3 is 5.32 Å². The average molecular weight is 166 g/mol. The summed E-state index contributed by atoms with van der Waals surface area (Å²) in [5.41, 5.74) is 0.844. The van der Waals surface area contributed by atoms with Gasteiger partial charge in [0.15, 0.2) is 0 Å². The second-order valence-corrected chi connectivity index (χ2v) is 2.85. The average Bonchev–Trinajstić information content (AvgIpc) is 2.58. The number of nitrogens with zero attached hydrogens (tertiary/aromatic N) is 3. The van der Waals surface area contributed by atoms with E-state index in [1.54, 1.807) is 0 Å². The van der Waals surface area contributed by atoms with E-state index in [1.807, 2.05) is 6.92 Å². The van der Waals surface area contributed by atoms with Gasteiger partial charge in [-0.1, -0.05) is 0 Å². The molecule has 0 saturated carbocycles. The fourth-order valence-electron chi connectivity index (χ4n) is 1.25. The van der Waals surface area contributed by atoms with E-state index in [1.165, 1.54) is 5.01 Å². The lowest BCUT2D eigenvalue weighted by Gasteiger charge is -2.10. The van der Waals surface area contributed by atoms with Gasteiger partial charge in [-0.2, -0.15) is 10.1 Å². The summed E-state index contributed by atoms with van der Waals surface area (Å²) < 4.78 is 0. The van der Waals surface area contributed by atoms with Crippen molar-refractivity contribution in [2.24, 2.45) is 10.1 Å². The molecule has 5 nitrogen and oxygen atoms in total. The van der Waals surface area contributed by atoms with E-state index in [4.69, 9.17) is 0 Å². The van der Waals surface area contributed by atoms with Crippen molar-refractivity contribution in [2.75, 3.05) is 13.1 Å². The van der Waals surface area contributed by atoms with Gasteiger partial charge in [0.1, 0.15) is 0 Å². The van der Waals surface area contributed by atoms with Crippen molar-refractivity contribution in [3.8, 4) is 0 Å². The molecule has 0 aromatic rings. The van der Waals surface area contributed by atoms with Crippen LogP contribution in [0.1, 0.15) is 13.3 Å². The second-order valence-electron chi connectivity index (χ2n) is 2.85. The van der Waals surface area contributed by atoms with Crippen LogP contribution in [-0.2, 0) is 4.79 Å². The molecule has 2 rings (SSSR count). The Balaban J connectivity index is 2.18. The van der Waals surface area contributed by atoms with Crippen molar-refractivity contribution in [1.29, 1.82) is 0 Å². The number of rotatable bonds is 0. The van der Waals surface area contributed by atoms with Crippen LogP contribution in [0.15, 0.2) is 10.1 Å². The number of nitrogens with one attached hydrogen (secondary N) is 1. The standard InChI is InChI=1S/C7H10N4O/c1-5-4-6(12)11(10-5)7-8-2-3-9-7/h2-4H2,1H3,(H,8,9). The van der Waals surface area contributed by atoms with Crippen LogP contribution >= 0.6 is 0 Å². The van der Waals surface area contributed by atoms with Crippen LogP contribution in [-0.4, -0.2) is 35.7 Å². The molecule has 1 N–H and O–H groups in total. The van der Waals surface area contributed by atoms with Gasteiger partial charge in [-0.05, 0) is 6.92 Å².